The maximum Gasteiger partial charge on any atom is 0.351 e. The Morgan fingerprint density at radius 2 is 1.81 bits per heavy atom. The minimum absolute atomic E-state index is 0. The second kappa shape index (κ2) is 9.46. The van der Waals surface area contributed by atoms with Gasteiger partial charge in [-0.3, -0.25) is 4.90 Å². The van der Waals surface area contributed by atoms with Gasteiger partial charge in [0.25, 0.3) is 0 Å². The Morgan fingerprint density at radius 3 is 2.54 bits per heavy atom. The molecule has 6 heteroatoms. The fourth-order valence-corrected chi connectivity index (χ4v) is 2.85. The van der Waals surface area contributed by atoms with Crippen molar-refractivity contribution in [2.24, 2.45) is 0 Å². The molecule has 2 aromatic carbocycles. The largest absolute Gasteiger partial charge is 1.00 e. The van der Waals surface area contributed by atoms with E-state index in [0.717, 1.165) is 6.54 Å². The first-order valence-electron chi connectivity index (χ1n) is 8.43. The molecule has 2 aromatic rings. The number of hydrogen-bond donors (Lipinski definition) is 0. The number of benzene rings is 2. The Bertz CT molecular complexity index is 710. The van der Waals surface area contributed by atoms with Gasteiger partial charge in [-0.25, -0.2) is 4.79 Å². The molecule has 1 aliphatic rings. The third-order valence-electron chi connectivity index (χ3n) is 3.95. The minimum atomic E-state index is -0.725. The van der Waals surface area contributed by atoms with Gasteiger partial charge in [0.15, 0.2) is 11.5 Å². The lowest BCUT2D eigenvalue weighted by atomic mass is 10.2. The SMILES string of the molecule is CC(CN(C)Cc1ccccc1)OC(=O)C1COc2ccccc2O1.[Cl-]. The minimum Gasteiger partial charge on any atom is -1.00 e. The van der Waals surface area contributed by atoms with Gasteiger partial charge in [0, 0.05) is 13.1 Å². The van der Waals surface area contributed by atoms with Crippen LogP contribution in [0.25, 0.3) is 0 Å². The van der Waals surface area contributed by atoms with E-state index >= 15 is 0 Å². The molecule has 0 saturated carbocycles. The lowest BCUT2D eigenvalue weighted by Crippen LogP contribution is -3.00. The van der Waals surface area contributed by atoms with E-state index in [2.05, 4.69) is 17.0 Å². The first-order chi connectivity index (χ1) is 12.1. The summed E-state index contributed by atoms with van der Waals surface area (Å²) in [7, 11) is 2.01. The predicted octanol–water partition coefficient (Wildman–Crippen LogP) is -0.106. The van der Waals surface area contributed by atoms with Crippen molar-refractivity contribution in [2.75, 3.05) is 20.2 Å². The average Bonchev–Trinajstić information content (AvgIpc) is 2.61. The summed E-state index contributed by atoms with van der Waals surface area (Å²) >= 11 is 0. The summed E-state index contributed by atoms with van der Waals surface area (Å²) < 4.78 is 16.8. The fourth-order valence-electron chi connectivity index (χ4n) is 2.85. The molecule has 1 heterocycles. The molecule has 2 atom stereocenters. The van der Waals surface area contributed by atoms with Gasteiger partial charge in [0.2, 0.25) is 6.10 Å². The molecule has 0 amide bonds. The molecule has 0 spiro atoms. The monoisotopic (exact) mass is 376 g/mol. The number of carbonyl (C=O) groups is 1. The van der Waals surface area contributed by atoms with Gasteiger partial charge < -0.3 is 26.6 Å². The van der Waals surface area contributed by atoms with Crippen LogP contribution in [0.5, 0.6) is 11.5 Å². The smallest absolute Gasteiger partial charge is 0.351 e. The van der Waals surface area contributed by atoms with Crippen molar-refractivity contribution in [1.29, 1.82) is 0 Å². The summed E-state index contributed by atoms with van der Waals surface area (Å²) in [6.07, 6.45) is -0.959. The third-order valence-corrected chi connectivity index (χ3v) is 3.95. The number of halogens is 1. The Balaban J connectivity index is 0.00000243. The van der Waals surface area contributed by atoms with Gasteiger partial charge in [0.1, 0.15) is 12.7 Å². The average molecular weight is 377 g/mol. The molecule has 1 aliphatic heterocycles. The number of esters is 1. The summed E-state index contributed by atoms with van der Waals surface area (Å²) in [6.45, 7) is 3.50. The van der Waals surface area contributed by atoms with Crippen molar-refractivity contribution in [3.63, 3.8) is 0 Å². The maximum atomic E-state index is 12.3. The summed E-state index contributed by atoms with van der Waals surface area (Å²) in [5.41, 5.74) is 1.23. The van der Waals surface area contributed by atoms with E-state index in [0.29, 0.717) is 18.0 Å². The second-order valence-electron chi connectivity index (χ2n) is 6.29. The van der Waals surface area contributed by atoms with Gasteiger partial charge >= 0.3 is 5.97 Å². The molecule has 0 aliphatic carbocycles. The number of fused-ring (bicyclic) bond motifs is 1. The second-order valence-corrected chi connectivity index (χ2v) is 6.29. The third kappa shape index (κ3) is 5.38. The Labute approximate surface area is 160 Å². The number of hydrogen-bond acceptors (Lipinski definition) is 5. The Hall–Kier alpha value is -2.24. The molecule has 0 aromatic heterocycles. The molecular formula is C20H23ClNO4-. The zero-order chi connectivity index (χ0) is 17.6. The number of para-hydroxylation sites is 2. The van der Waals surface area contributed by atoms with E-state index in [4.69, 9.17) is 14.2 Å². The van der Waals surface area contributed by atoms with E-state index in [9.17, 15) is 4.79 Å². The highest BCUT2D eigenvalue weighted by Crippen LogP contribution is 2.31. The van der Waals surface area contributed by atoms with Gasteiger partial charge in [0.05, 0.1) is 0 Å². The Morgan fingerprint density at radius 1 is 1.15 bits per heavy atom. The summed E-state index contributed by atoms with van der Waals surface area (Å²) in [5, 5.41) is 0. The molecule has 0 bridgehead atoms. The van der Waals surface area contributed by atoms with Crippen molar-refractivity contribution in [2.45, 2.75) is 25.7 Å². The van der Waals surface area contributed by atoms with E-state index in [-0.39, 0.29) is 25.1 Å². The van der Waals surface area contributed by atoms with Gasteiger partial charge in [-0.1, -0.05) is 42.5 Å². The van der Waals surface area contributed by atoms with E-state index in [1.54, 1.807) is 6.07 Å². The van der Waals surface area contributed by atoms with Crippen LogP contribution in [0.15, 0.2) is 54.6 Å². The van der Waals surface area contributed by atoms with Crippen LogP contribution in [0.2, 0.25) is 0 Å². The van der Waals surface area contributed by atoms with Gasteiger partial charge in [-0.15, -0.1) is 0 Å². The number of likely N-dealkylation sites (N-methyl/N-ethyl adjacent to an activating group) is 1. The number of rotatable bonds is 6. The number of carbonyl (C=O) groups excluding carboxylic acids is 1. The highest BCUT2D eigenvalue weighted by molar-refractivity contribution is 5.76. The first kappa shape index (κ1) is 20.1. The van der Waals surface area contributed by atoms with Crippen LogP contribution in [0.4, 0.5) is 0 Å². The molecule has 3 rings (SSSR count). The summed E-state index contributed by atoms with van der Waals surface area (Å²) in [5.74, 6) is 0.835. The topological polar surface area (TPSA) is 48.0 Å². The van der Waals surface area contributed by atoms with Crippen LogP contribution in [-0.2, 0) is 16.1 Å². The summed E-state index contributed by atoms with van der Waals surface area (Å²) in [6, 6.07) is 17.5. The van der Waals surface area contributed by atoms with Crippen LogP contribution in [0.3, 0.4) is 0 Å². The molecule has 5 nitrogen and oxygen atoms in total. The molecule has 2 unspecified atom stereocenters. The first-order valence-corrected chi connectivity index (χ1v) is 8.43. The lowest BCUT2D eigenvalue weighted by molar-refractivity contribution is -0.159. The van der Waals surface area contributed by atoms with Crippen molar-refractivity contribution in [3.8, 4) is 11.5 Å². The van der Waals surface area contributed by atoms with E-state index < -0.39 is 12.1 Å². The molecule has 0 fully saturated rings. The zero-order valence-electron chi connectivity index (χ0n) is 14.9. The molecule has 0 saturated heterocycles. The van der Waals surface area contributed by atoms with Crippen LogP contribution in [0.1, 0.15) is 12.5 Å². The number of nitrogens with zero attached hydrogens (tertiary/aromatic N) is 1. The summed E-state index contributed by atoms with van der Waals surface area (Å²) in [4.78, 5) is 14.4. The standard InChI is InChI=1S/C20H23NO4.ClH/c1-15(12-21(2)13-16-8-4-3-5-9-16)24-20(22)19-14-23-17-10-6-7-11-18(17)25-19;/h3-11,15,19H,12-14H2,1-2H3;1H/p-1. The lowest BCUT2D eigenvalue weighted by Gasteiger charge is -2.27. The predicted molar refractivity (Wildman–Crippen MR) is 94.7 cm³/mol. The number of ether oxygens (including phenoxy) is 3. The molecule has 26 heavy (non-hydrogen) atoms. The van der Waals surface area contributed by atoms with Crippen molar-refractivity contribution < 1.29 is 31.4 Å². The zero-order valence-corrected chi connectivity index (χ0v) is 15.7. The van der Waals surface area contributed by atoms with Crippen LogP contribution >= 0.6 is 0 Å². The normalized spacial score (nSPS) is 16.5. The highest BCUT2D eigenvalue weighted by atomic mass is 35.5. The van der Waals surface area contributed by atoms with Crippen molar-refractivity contribution in [3.05, 3.63) is 60.2 Å². The Kier molecular flexibility index (Phi) is 7.30. The van der Waals surface area contributed by atoms with Gasteiger partial charge in [-0.2, -0.15) is 0 Å². The van der Waals surface area contributed by atoms with Crippen LogP contribution < -0.4 is 21.9 Å². The van der Waals surface area contributed by atoms with Crippen LogP contribution in [-0.4, -0.2) is 43.3 Å². The molecular weight excluding hydrogens is 354 g/mol. The van der Waals surface area contributed by atoms with E-state index in [1.807, 2.05) is 50.4 Å². The maximum absolute atomic E-state index is 12.3. The molecule has 140 valence electrons. The van der Waals surface area contributed by atoms with Crippen LogP contribution in [0, 0.1) is 0 Å². The van der Waals surface area contributed by atoms with Crippen molar-refractivity contribution in [1.82, 2.24) is 4.90 Å². The van der Waals surface area contributed by atoms with Gasteiger partial charge in [-0.05, 0) is 31.7 Å². The fraction of sp³-hybridized carbons (Fsp3) is 0.350. The van der Waals surface area contributed by atoms with E-state index in [1.165, 1.54) is 5.56 Å². The molecule has 0 N–H and O–H groups in total. The quantitative estimate of drug-likeness (QED) is 0.659. The molecule has 0 radical (unpaired) electrons. The highest BCUT2D eigenvalue weighted by Gasteiger charge is 2.29. The van der Waals surface area contributed by atoms with Crippen molar-refractivity contribution >= 4 is 5.97 Å².